The second kappa shape index (κ2) is 6.60. The van der Waals surface area contributed by atoms with Crippen molar-refractivity contribution in [3.63, 3.8) is 0 Å². The zero-order valence-electron chi connectivity index (χ0n) is 11.8. The monoisotopic (exact) mass is 260 g/mol. The fraction of sp³-hybridized carbons (Fsp3) is 0.562. The largest absolute Gasteiger partial charge is 0.399 e. The van der Waals surface area contributed by atoms with Crippen molar-refractivity contribution >= 4 is 11.6 Å². The van der Waals surface area contributed by atoms with Gasteiger partial charge < -0.3 is 10.6 Å². The number of hydrogen-bond donors (Lipinski definition) is 1. The Morgan fingerprint density at radius 3 is 2.74 bits per heavy atom. The standard InChI is InChI=1S/C16H24N2O/c1-18(12-13-6-3-2-4-7-13)16(19)11-14-8-5-9-15(17)10-14/h5,8-10,13H,2-4,6-7,11-12,17H2,1H3. The lowest BCUT2D eigenvalue weighted by molar-refractivity contribution is -0.129. The van der Waals surface area contributed by atoms with E-state index in [1.165, 1.54) is 32.1 Å². The molecule has 0 atom stereocenters. The van der Waals surface area contributed by atoms with Crippen LogP contribution in [0.3, 0.4) is 0 Å². The average Bonchev–Trinajstić information content (AvgIpc) is 2.40. The minimum Gasteiger partial charge on any atom is -0.399 e. The normalized spacial score (nSPS) is 16.3. The van der Waals surface area contributed by atoms with E-state index in [2.05, 4.69) is 0 Å². The molecule has 2 rings (SSSR count). The van der Waals surface area contributed by atoms with Gasteiger partial charge in [0.2, 0.25) is 5.91 Å². The summed E-state index contributed by atoms with van der Waals surface area (Å²) in [7, 11) is 1.92. The van der Waals surface area contributed by atoms with Crippen LogP contribution in [0.2, 0.25) is 0 Å². The zero-order chi connectivity index (χ0) is 13.7. The van der Waals surface area contributed by atoms with Crippen LogP contribution >= 0.6 is 0 Å². The van der Waals surface area contributed by atoms with Gasteiger partial charge in [0.1, 0.15) is 0 Å². The summed E-state index contributed by atoms with van der Waals surface area (Å²) in [5.41, 5.74) is 7.46. The second-order valence-electron chi connectivity index (χ2n) is 5.70. The highest BCUT2D eigenvalue weighted by Crippen LogP contribution is 2.24. The van der Waals surface area contributed by atoms with Gasteiger partial charge in [-0.15, -0.1) is 0 Å². The summed E-state index contributed by atoms with van der Waals surface area (Å²) in [6, 6.07) is 7.59. The molecule has 19 heavy (non-hydrogen) atoms. The molecule has 0 unspecified atom stereocenters. The van der Waals surface area contributed by atoms with Crippen molar-refractivity contribution in [3.8, 4) is 0 Å². The Morgan fingerprint density at radius 1 is 1.32 bits per heavy atom. The van der Waals surface area contributed by atoms with Crippen molar-refractivity contribution in [1.29, 1.82) is 0 Å². The Balaban J connectivity index is 1.84. The van der Waals surface area contributed by atoms with Crippen LogP contribution in [0.4, 0.5) is 5.69 Å². The molecular weight excluding hydrogens is 236 g/mol. The van der Waals surface area contributed by atoms with E-state index in [1.54, 1.807) is 0 Å². The molecular formula is C16H24N2O. The number of carbonyl (C=O) groups is 1. The van der Waals surface area contributed by atoms with Crippen molar-refractivity contribution in [2.24, 2.45) is 5.92 Å². The van der Waals surface area contributed by atoms with Gasteiger partial charge in [-0.25, -0.2) is 0 Å². The van der Waals surface area contributed by atoms with Crippen LogP contribution in [0.5, 0.6) is 0 Å². The summed E-state index contributed by atoms with van der Waals surface area (Å²) in [6.07, 6.45) is 7.00. The third-order valence-electron chi connectivity index (χ3n) is 3.99. The van der Waals surface area contributed by atoms with Gasteiger partial charge in [-0.3, -0.25) is 4.79 Å². The first-order valence-corrected chi connectivity index (χ1v) is 7.23. The van der Waals surface area contributed by atoms with E-state index in [0.717, 1.165) is 17.8 Å². The van der Waals surface area contributed by atoms with Crippen LogP contribution in [0.25, 0.3) is 0 Å². The van der Waals surface area contributed by atoms with Crippen molar-refractivity contribution in [2.75, 3.05) is 19.3 Å². The number of anilines is 1. The highest BCUT2D eigenvalue weighted by Gasteiger charge is 2.18. The van der Waals surface area contributed by atoms with Gasteiger partial charge in [-0.05, 0) is 36.5 Å². The summed E-state index contributed by atoms with van der Waals surface area (Å²) < 4.78 is 0. The lowest BCUT2D eigenvalue weighted by Crippen LogP contribution is -2.33. The quantitative estimate of drug-likeness (QED) is 0.846. The summed E-state index contributed by atoms with van der Waals surface area (Å²) >= 11 is 0. The summed E-state index contributed by atoms with van der Waals surface area (Å²) in [5, 5.41) is 0. The maximum absolute atomic E-state index is 12.2. The van der Waals surface area contributed by atoms with Gasteiger partial charge in [0, 0.05) is 19.3 Å². The maximum atomic E-state index is 12.2. The minimum absolute atomic E-state index is 0.191. The van der Waals surface area contributed by atoms with Crippen molar-refractivity contribution < 1.29 is 4.79 Å². The van der Waals surface area contributed by atoms with E-state index in [4.69, 9.17) is 5.73 Å². The molecule has 1 aromatic rings. The van der Waals surface area contributed by atoms with Crippen LogP contribution in [0, 0.1) is 5.92 Å². The number of carbonyl (C=O) groups excluding carboxylic acids is 1. The number of nitrogens with two attached hydrogens (primary N) is 1. The Morgan fingerprint density at radius 2 is 2.05 bits per heavy atom. The summed E-state index contributed by atoms with van der Waals surface area (Å²) in [5.74, 6) is 0.889. The Labute approximate surface area is 115 Å². The van der Waals surface area contributed by atoms with Gasteiger partial charge in [0.05, 0.1) is 6.42 Å². The van der Waals surface area contributed by atoms with E-state index in [1.807, 2.05) is 36.2 Å². The van der Waals surface area contributed by atoms with Gasteiger partial charge >= 0.3 is 0 Å². The number of rotatable bonds is 4. The van der Waals surface area contributed by atoms with Crippen LogP contribution in [0.15, 0.2) is 24.3 Å². The molecule has 1 amide bonds. The molecule has 1 fully saturated rings. The summed E-state index contributed by atoms with van der Waals surface area (Å²) in [4.78, 5) is 14.1. The number of hydrogen-bond acceptors (Lipinski definition) is 2. The summed E-state index contributed by atoms with van der Waals surface area (Å²) in [6.45, 7) is 0.904. The number of benzene rings is 1. The molecule has 1 aliphatic rings. The molecule has 0 aliphatic heterocycles. The van der Waals surface area contributed by atoms with Gasteiger partial charge in [-0.1, -0.05) is 31.4 Å². The molecule has 1 saturated carbocycles. The van der Waals surface area contributed by atoms with Crippen LogP contribution < -0.4 is 5.73 Å². The first-order valence-electron chi connectivity index (χ1n) is 7.23. The molecule has 3 nitrogen and oxygen atoms in total. The third-order valence-corrected chi connectivity index (χ3v) is 3.99. The van der Waals surface area contributed by atoms with E-state index in [-0.39, 0.29) is 5.91 Å². The fourth-order valence-electron chi connectivity index (χ4n) is 2.87. The molecule has 1 aliphatic carbocycles. The maximum Gasteiger partial charge on any atom is 0.226 e. The number of nitrogens with zero attached hydrogens (tertiary/aromatic N) is 1. The van der Waals surface area contributed by atoms with E-state index in [9.17, 15) is 4.79 Å². The molecule has 0 saturated heterocycles. The van der Waals surface area contributed by atoms with Crippen LogP contribution in [-0.4, -0.2) is 24.4 Å². The van der Waals surface area contributed by atoms with E-state index >= 15 is 0 Å². The lowest BCUT2D eigenvalue weighted by atomic mass is 9.89. The van der Waals surface area contributed by atoms with Crippen LogP contribution in [0.1, 0.15) is 37.7 Å². The molecule has 0 radical (unpaired) electrons. The van der Waals surface area contributed by atoms with E-state index in [0.29, 0.717) is 12.3 Å². The molecule has 0 bridgehead atoms. The average molecular weight is 260 g/mol. The smallest absolute Gasteiger partial charge is 0.226 e. The second-order valence-corrected chi connectivity index (χ2v) is 5.70. The zero-order valence-corrected chi connectivity index (χ0v) is 11.8. The third kappa shape index (κ3) is 4.27. The van der Waals surface area contributed by atoms with Gasteiger partial charge in [0.15, 0.2) is 0 Å². The molecule has 3 heteroatoms. The Hall–Kier alpha value is -1.51. The topological polar surface area (TPSA) is 46.3 Å². The Bertz CT molecular complexity index is 425. The highest BCUT2D eigenvalue weighted by molar-refractivity contribution is 5.78. The van der Waals surface area contributed by atoms with Crippen molar-refractivity contribution in [3.05, 3.63) is 29.8 Å². The molecule has 1 aromatic carbocycles. The molecule has 0 heterocycles. The van der Waals surface area contributed by atoms with Gasteiger partial charge in [-0.2, -0.15) is 0 Å². The first kappa shape index (κ1) is 13.9. The van der Waals surface area contributed by atoms with Crippen LogP contribution in [-0.2, 0) is 11.2 Å². The lowest BCUT2D eigenvalue weighted by Gasteiger charge is -2.27. The van der Waals surface area contributed by atoms with Crippen molar-refractivity contribution in [2.45, 2.75) is 38.5 Å². The first-order chi connectivity index (χ1) is 9.15. The number of likely N-dealkylation sites (N-methyl/N-ethyl adjacent to an activating group) is 1. The molecule has 2 N–H and O–H groups in total. The van der Waals surface area contributed by atoms with Crippen molar-refractivity contribution in [1.82, 2.24) is 4.90 Å². The predicted molar refractivity (Wildman–Crippen MR) is 78.8 cm³/mol. The highest BCUT2D eigenvalue weighted by atomic mass is 16.2. The van der Waals surface area contributed by atoms with E-state index < -0.39 is 0 Å². The predicted octanol–water partition coefficient (Wildman–Crippen LogP) is 2.85. The Kier molecular flexibility index (Phi) is 4.83. The number of nitrogen functional groups attached to an aromatic ring is 1. The molecule has 104 valence electrons. The number of amides is 1. The van der Waals surface area contributed by atoms with Gasteiger partial charge in [0.25, 0.3) is 0 Å². The molecule has 0 aromatic heterocycles. The SMILES string of the molecule is CN(CC1CCCCC1)C(=O)Cc1cccc(N)c1. The fourth-order valence-corrected chi connectivity index (χ4v) is 2.87. The minimum atomic E-state index is 0.191. The molecule has 0 spiro atoms.